The number of hydrogen-bond donors (Lipinski definition) is 2. The van der Waals surface area contributed by atoms with Gasteiger partial charge in [0.15, 0.2) is 0 Å². The van der Waals surface area contributed by atoms with E-state index in [-0.39, 0.29) is 11.3 Å². The number of aliphatic hydroxyl groups excluding tert-OH is 1. The molecule has 4 rings (SSSR count). The number of nitrogens with zero attached hydrogens (tertiary/aromatic N) is 2. The van der Waals surface area contributed by atoms with Crippen LogP contribution in [0.25, 0.3) is 16.3 Å². The normalized spacial score (nSPS) is 20.0. The van der Waals surface area contributed by atoms with Crippen molar-refractivity contribution in [3.8, 4) is 5.75 Å². The Bertz CT molecular complexity index is 1140. The zero-order valence-electron chi connectivity index (χ0n) is 14.4. The highest BCUT2D eigenvalue weighted by atomic mass is 16.7. The van der Waals surface area contributed by atoms with Crippen molar-refractivity contribution >= 4 is 16.3 Å². The second-order valence-corrected chi connectivity index (χ2v) is 6.54. The number of allylic oxidation sites excluding steroid dienone is 4. The Balaban J connectivity index is 2.01. The van der Waals surface area contributed by atoms with Gasteiger partial charge in [0.05, 0.1) is 18.3 Å². The molecule has 1 unspecified atom stereocenters. The van der Waals surface area contributed by atoms with Crippen LogP contribution in [-0.2, 0) is 0 Å². The van der Waals surface area contributed by atoms with E-state index < -0.39 is 21.6 Å². The number of fused-ring (bicyclic) bond motifs is 2. The lowest BCUT2D eigenvalue weighted by Crippen LogP contribution is -2.44. The molecule has 0 saturated carbocycles. The molecule has 0 radical (unpaired) electrons. The molecule has 0 bridgehead atoms. The van der Waals surface area contributed by atoms with Crippen LogP contribution < -0.4 is 0 Å². The molecule has 140 valence electrons. The zero-order chi connectivity index (χ0) is 20.1. The number of benzene rings is 2. The maximum Gasteiger partial charge on any atom is 0.498 e. The summed E-state index contributed by atoms with van der Waals surface area (Å²) in [6, 6.07) is 10.5. The molecular weight excluding hydrogens is 364 g/mol. The van der Waals surface area contributed by atoms with Crippen molar-refractivity contribution in [2.24, 2.45) is 0 Å². The third-order valence-corrected chi connectivity index (χ3v) is 4.98. The largest absolute Gasteiger partial charge is 0.507 e. The van der Waals surface area contributed by atoms with Gasteiger partial charge in [-0.2, -0.15) is 0 Å². The third-order valence-electron chi connectivity index (χ3n) is 4.98. The first kappa shape index (κ1) is 17.6. The fourth-order valence-electron chi connectivity index (χ4n) is 3.61. The molecule has 0 heterocycles. The number of phenolic OH excluding ortho intramolecular Hbond substituents is 1. The molecule has 28 heavy (non-hydrogen) atoms. The van der Waals surface area contributed by atoms with Gasteiger partial charge in [0.2, 0.25) is 0 Å². The van der Waals surface area contributed by atoms with Gasteiger partial charge < -0.3 is 10.2 Å². The highest BCUT2D eigenvalue weighted by Crippen LogP contribution is 2.43. The van der Waals surface area contributed by atoms with E-state index in [1.807, 2.05) is 12.1 Å². The molecule has 2 aliphatic carbocycles. The Hall–Kier alpha value is -3.78. The Morgan fingerprint density at radius 1 is 1.00 bits per heavy atom. The van der Waals surface area contributed by atoms with E-state index in [0.29, 0.717) is 22.1 Å². The highest BCUT2D eigenvalue weighted by molar-refractivity contribution is 6.00. The van der Waals surface area contributed by atoms with Crippen LogP contribution in [-0.4, -0.2) is 31.8 Å². The second kappa shape index (κ2) is 6.14. The molecule has 2 aromatic carbocycles. The maximum absolute atomic E-state index is 11.4. The molecule has 8 heteroatoms. The first-order chi connectivity index (χ1) is 13.3. The van der Waals surface area contributed by atoms with Crippen LogP contribution >= 0.6 is 0 Å². The van der Waals surface area contributed by atoms with Crippen molar-refractivity contribution in [3.05, 3.63) is 104 Å². The van der Waals surface area contributed by atoms with Crippen molar-refractivity contribution in [1.29, 1.82) is 0 Å². The minimum atomic E-state index is -2.57. The summed E-state index contributed by atoms with van der Waals surface area (Å²) < 4.78 is 0. The second-order valence-electron chi connectivity index (χ2n) is 6.54. The molecule has 0 amide bonds. The van der Waals surface area contributed by atoms with Crippen molar-refractivity contribution in [3.63, 3.8) is 0 Å². The van der Waals surface area contributed by atoms with E-state index >= 15 is 0 Å². The first-order valence-electron chi connectivity index (χ1n) is 8.38. The van der Waals surface area contributed by atoms with Crippen molar-refractivity contribution in [1.82, 2.24) is 0 Å². The Morgan fingerprint density at radius 3 is 2.43 bits per heavy atom. The minimum Gasteiger partial charge on any atom is -0.507 e. The Kier molecular flexibility index (Phi) is 3.86. The predicted octanol–water partition coefficient (Wildman–Crippen LogP) is 2.98. The number of aliphatic hydroxyl groups is 1. The SMILES string of the molecule is O=[N+]([O-])C1([N+](=O)[O-])C=CC2=C(c3c(O)ccc4ccccc34)C(O)C=CC2=C1. The van der Waals surface area contributed by atoms with Gasteiger partial charge in [-0.05, 0) is 34.1 Å². The molecule has 2 aliphatic rings. The van der Waals surface area contributed by atoms with E-state index in [1.54, 1.807) is 18.2 Å². The molecule has 8 nitrogen and oxygen atoms in total. The average molecular weight is 378 g/mol. The minimum absolute atomic E-state index is 0.0660. The van der Waals surface area contributed by atoms with E-state index in [0.717, 1.165) is 17.5 Å². The molecule has 0 spiro atoms. The van der Waals surface area contributed by atoms with Gasteiger partial charge in [-0.15, -0.1) is 0 Å². The van der Waals surface area contributed by atoms with Crippen LogP contribution in [0.2, 0.25) is 0 Å². The van der Waals surface area contributed by atoms with Crippen molar-refractivity contribution in [2.45, 2.75) is 11.8 Å². The average Bonchev–Trinajstić information content (AvgIpc) is 2.68. The lowest BCUT2D eigenvalue weighted by molar-refractivity contribution is -0.765. The van der Waals surface area contributed by atoms with Crippen molar-refractivity contribution in [2.75, 3.05) is 0 Å². The molecule has 0 fully saturated rings. The molecule has 0 aliphatic heterocycles. The van der Waals surface area contributed by atoms with Crippen LogP contribution in [0.5, 0.6) is 5.75 Å². The van der Waals surface area contributed by atoms with E-state index in [9.17, 15) is 30.4 Å². The Labute approximate surface area is 158 Å². The van der Waals surface area contributed by atoms with E-state index in [1.165, 1.54) is 24.3 Å². The molecule has 2 aromatic rings. The fourth-order valence-corrected chi connectivity index (χ4v) is 3.61. The summed E-state index contributed by atoms with van der Waals surface area (Å²) in [5.41, 5.74) is -1.23. The number of nitro groups is 2. The smallest absolute Gasteiger partial charge is 0.498 e. The number of aromatic hydroxyl groups is 1. The first-order valence-corrected chi connectivity index (χ1v) is 8.38. The topological polar surface area (TPSA) is 127 Å². The summed E-state index contributed by atoms with van der Waals surface area (Å²) >= 11 is 0. The molecule has 1 atom stereocenters. The van der Waals surface area contributed by atoms with Gasteiger partial charge in [0.1, 0.15) is 15.6 Å². The van der Waals surface area contributed by atoms with Gasteiger partial charge in [0, 0.05) is 11.1 Å². The fraction of sp³-hybridized carbons (Fsp3) is 0.100. The molecule has 2 N–H and O–H groups in total. The number of rotatable bonds is 3. The summed E-state index contributed by atoms with van der Waals surface area (Å²) in [4.78, 5) is 20.8. The molecule has 0 aromatic heterocycles. The van der Waals surface area contributed by atoms with Crippen LogP contribution in [0.15, 0.2) is 77.9 Å². The van der Waals surface area contributed by atoms with Crippen LogP contribution in [0.4, 0.5) is 0 Å². The van der Waals surface area contributed by atoms with Gasteiger partial charge >= 0.3 is 5.66 Å². The quantitative estimate of drug-likeness (QED) is 0.480. The third kappa shape index (κ3) is 2.43. The van der Waals surface area contributed by atoms with Crippen LogP contribution in [0.1, 0.15) is 5.56 Å². The van der Waals surface area contributed by atoms with Crippen LogP contribution in [0, 0.1) is 20.2 Å². The summed E-state index contributed by atoms with van der Waals surface area (Å²) in [5.74, 6) is -0.0660. The van der Waals surface area contributed by atoms with E-state index in [2.05, 4.69) is 0 Å². The predicted molar refractivity (Wildman–Crippen MR) is 102 cm³/mol. The maximum atomic E-state index is 11.4. The number of phenols is 1. The van der Waals surface area contributed by atoms with Gasteiger partial charge in [-0.1, -0.05) is 42.5 Å². The summed E-state index contributed by atoms with van der Waals surface area (Å²) in [7, 11) is 0. The lowest BCUT2D eigenvalue weighted by Gasteiger charge is -2.26. The molecule has 0 saturated heterocycles. The summed E-state index contributed by atoms with van der Waals surface area (Å²) in [6.07, 6.45) is 4.82. The lowest BCUT2D eigenvalue weighted by atomic mass is 9.80. The standard InChI is InChI=1S/C20H14N2O6/c23-16-7-5-12-3-1-2-4-14(12)18(16)19-15-9-10-20(21(25)26,22(27)28)11-13(15)6-8-17(19)24/h1-11,17,23-24H. The van der Waals surface area contributed by atoms with Crippen molar-refractivity contribution < 1.29 is 20.1 Å². The monoisotopic (exact) mass is 378 g/mol. The van der Waals surface area contributed by atoms with E-state index in [4.69, 9.17) is 0 Å². The van der Waals surface area contributed by atoms with Gasteiger partial charge in [-0.25, -0.2) is 0 Å². The zero-order valence-corrected chi connectivity index (χ0v) is 14.4. The molecular formula is C20H14N2O6. The Morgan fingerprint density at radius 2 is 1.71 bits per heavy atom. The highest BCUT2D eigenvalue weighted by Gasteiger charge is 2.53. The number of hydrogen-bond acceptors (Lipinski definition) is 6. The van der Waals surface area contributed by atoms with Gasteiger partial charge in [0.25, 0.3) is 0 Å². The van der Waals surface area contributed by atoms with Crippen LogP contribution in [0.3, 0.4) is 0 Å². The summed E-state index contributed by atoms with van der Waals surface area (Å²) in [5, 5.41) is 45.4. The van der Waals surface area contributed by atoms with Gasteiger partial charge in [-0.3, -0.25) is 20.2 Å². The summed E-state index contributed by atoms with van der Waals surface area (Å²) in [6.45, 7) is 0.